The number of benzene rings is 2. The number of rotatable bonds is 9. The van der Waals surface area contributed by atoms with E-state index >= 15 is 0 Å². The van der Waals surface area contributed by atoms with Gasteiger partial charge in [-0.3, -0.25) is 9.59 Å². The van der Waals surface area contributed by atoms with Crippen molar-refractivity contribution < 1.29 is 9.59 Å². The number of thiocarbonyl (C=S) groups is 1. The van der Waals surface area contributed by atoms with E-state index in [4.69, 9.17) is 12.2 Å². The van der Waals surface area contributed by atoms with Crippen LogP contribution in [0.2, 0.25) is 0 Å². The highest BCUT2D eigenvalue weighted by atomic mass is 32.1. The van der Waals surface area contributed by atoms with Crippen molar-refractivity contribution in [2.45, 2.75) is 52.9 Å². The maximum Gasteiger partial charge on any atom is 0.253 e. The molecule has 2 aromatic carbocycles. The van der Waals surface area contributed by atoms with E-state index in [0.29, 0.717) is 23.7 Å². The van der Waals surface area contributed by atoms with Crippen LogP contribution >= 0.6 is 12.2 Å². The fourth-order valence-corrected chi connectivity index (χ4v) is 3.41. The molecule has 0 saturated heterocycles. The number of unbranched alkanes of at least 4 members (excludes halogenated alkanes) is 1. The van der Waals surface area contributed by atoms with E-state index in [1.54, 1.807) is 18.2 Å². The summed E-state index contributed by atoms with van der Waals surface area (Å²) in [5.41, 5.74) is 3.25. The van der Waals surface area contributed by atoms with Gasteiger partial charge < -0.3 is 16.0 Å². The summed E-state index contributed by atoms with van der Waals surface area (Å²) in [6.45, 7) is 8.92. The summed E-state index contributed by atoms with van der Waals surface area (Å²) in [7, 11) is 0. The van der Waals surface area contributed by atoms with Crippen LogP contribution in [0.3, 0.4) is 0 Å². The molecule has 0 aromatic heterocycles. The van der Waals surface area contributed by atoms with Gasteiger partial charge in [-0.1, -0.05) is 63.6 Å². The highest BCUT2D eigenvalue weighted by Crippen LogP contribution is 2.19. The Bertz CT molecular complexity index is 894. The van der Waals surface area contributed by atoms with Crippen LogP contribution < -0.4 is 16.0 Å². The molecule has 1 atom stereocenters. The zero-order valence-electron chi connectivity index (χ0n) is 18.8. The molecule has 0 bridgehead atoms. The highest BCUT2D eigenvalue weighted by molar-refractivity contribution is 7.80. The molecule has 31 heavy (non-hydrogen) atoms. The van der Waals surface area contributed by atoms with Crippen molar-refractivity contribution in [3.05, 3.63) is 65.2 Å². The van der Waals surface area contributed by atoms with Crippen LogP contribution in [0, 0.1) is 5.92 Å². The third-order valence-electron chi connectivity index (χ3n) is 4.99. The lowest BCUT2D eigenvalue weighted by molar-refractivity contribution is -0.120. The number of anilines is 1. The zero-order valence-corrected chi connectivity index (χ0v) is 19.6. The van der Waals surface area contributed by atoms with Crippen LogP contribution in [0.15, 0.2) is 48.5 Å². The minimum absolute atomic E-state index is 0.166. The van der Waals surface area contributed by atoms with E-state index in [9.17, 15) is 9.59 Å². The molecule has 166 valence electrons. The number of nitrogens with one attached hydrogen (secondary N) is 3. The van der Waals surface area contributed by atoms with Gasteiger partial charge in [-0.05, 0) is 61.2 Å². The van der Waals surface area contributed by atoms with Crippen molar-refractivity contribution in [3.63, 3.8) is 0 Å². The number of hydrogen-bond acceptors (Lipinski definition) is 3. The second kappa shape index (κ2) is 12.2. The lowest BCUT2D eigenvalue weighted by Gasteiger charge is -2.16. The molecule has 0 aliphatic carbocycles. The molecule has 0 spiro atoms. The molecule has 0 heterocycles. The molecule has 0 radical (unpaired) electrons. The van der Waals surface area contributed by atoms with Gasteiger partial charge in [-0.25, -0.2) is 0 Å². The molecular formula is C25H33N3O2S. The van der Waals surface area contributed by atoms with Gasteiger partial charge in [-0.15, -0.1) is 0 Å². The highest BCUT2D eigenvalue weighted by Gasteiger charge is 2.18. The molecule has 2 rings (SSSR count). The van der Waals surface area contributed by atoms with Gasteiger partial charge >= 0.3 is 0 Å². The minimum Gasteiger partial charge on any atom is -0.352 e. The summed E-state index contributed by atoms with van der Waals surface area (Å²) in [6.07, 6.45) is 2.95. The summed E-state index contributed by atoms with van der Waals surface area (Å²) < 4.78 is 0. The fourth-order valence-electron chi connectivity index (χ4n) is 3.20. The van der Waals surface area contributed by atoms with Crippen molar-refractivity contribution in [2.24, 2.45) is 5.92 Å². The lowest BCUT2D eigenvalue weighted by atomic mass is 9.96. The van der Waals surface area contributed by atoms with Crippen molar-refractivity contribution in [2.75, 3.05) is 11.9 Å². The average molecular weight is 440 g/mol. The molecule has 2 aromatic rings. The van der Waals surface area contributed by atoms with Crippen molar-refractivity contribution in [1.29, 1.82) is 0 Å². The predicted octanol–water partition coefficient (Wildman–Crippen LogP) is 5.03. The third-order valence-corrected chi connectivity index (χ3v) is 5.19. The number of amides is 2. The summed E-state index contributed by atoms with van der Waals surface area (Å²) in [4.78, 5) is 25.1. The first-order valence-electron chi connectivity index (χ1n) is 10.9. The van der Waals surface area contributed by atoms with Crippen LogP contribution in [0.5, 0.6) is 0 Å². The molecule has 1 unspecified atom stereocenters. The van der Waals surface area contributed by atoms with Gasteiger partial charge in [0.05, 0.1) is 17.2 Å². The Hall–Kier alpha value is -2.73. The number of hydrogen-bond donors (Lipinski definition) is 3. The van der Waals surface area contributed by atoms with Gasteiger partial charge in [0, 0.05) is 6.54 Å². The molecule has 6 heteroatoms. The van der Waals surface area contributed by atoms with Gasteiger partial charge in [0.2, 0.25) is 5.91 Å². The smallest absolute Gasteiger partial charge is 0.253 e. The fraction of sp³-hybridized carbons (Fsp3) is 0.400. The molecule has 2 amide bonds. The first-order valence-corrected chi connectivity index (χ1v) is 11.3. The Labute approximate surface area is 191 Å². The van der Waals surface area contributed by atoms with E-state index < -0.39 is 0 Å². The largest absolute Gasteiger partial charge is 0.352 e. The van der Waals surface area contributed by atoms with Crippen LogP contribution in [-0.4, -0.2) is 23.5 Å². The van der Waals surface area contributed by atoms with Crippen LogP contribution in [0.1, 0.15) is 67.9 Å². The Morgan fingerprint density at radius 2 is 1.68 bits per heavy atom. The van der Waals surface area contributed by atoms with E-state index in [1.165, 1.54) is 5.56 Å². The molecule has 0 fully saturated rings. The summed E-state index contributed by atoms with van der Waals surface area (Å²) >= 11 is 5.33. The van der Waals surface area contributed by atoms with E-state index in [2.05, 4.69) is 48.9 Å². The molecular weight excluding hydrogens is 406 g/mol. The van der Waals surface area contributed by atoms with E-state index in [0.717, 1.165) is 24.8 Å². The van der Waals surface area contributed by atoms with E-state index in [-0.39, 0.29) is 22.8 Å². The Morgan fingerprint density at radius 3 is 2.32 bits per heavy atom. The molecule has 0 aliphatic heterocycles. The van der Waals surface area contributed by atoms with Crippen LogP contribution in [0.25, 0.3) is 0 Å². The Morgan fingerprint density at radius 1 is 1.00 bits per heavy atom. The Kier molecular flexibility index (Phi) is 9.66. The summed E-state index contributed by atoms with van der Waals surface area (Å²) in [5, 5.41) is 8.80. The van der Waals surface area contributed by atoms with Gasteiger partial charge in [0.1, 0.15) is 0 Å². The summed E-state index contributed by atoms with van der Waals surface area (Å²) in [6, 6.07) is 15.2. The van der Waals surface area contributed by atoms with E-state index in [1.807, 2.05) is 25.1 Å². The summed E-state index contributed by atoms with van der Waals surface area (Å²) in [5.74, 6) is -0.119. The maximum atomic E-state index is 12.7. The maximum absolute atomic E-state index is 12.7. The molecule has 0 aliphatic rings. The standard InChI is InChI=1S/C25H33N3O2S/c1-5-6-15-26-24(30)21-9-7-8-10-22(21)27-25(31)28-23(29)18(4)20-13-11-19(12-14-20)16-17(2)3/h7-14,17-18H,5-6,15-16H2,1-4H3,(H,26,30)(H2,27,28,29,31). The van der Waals surface area contributed by atoms with Crippen LogP contribution in [0.4, 0.5) is 5.69 Å². The van der Waals surface area contributed by atoms with Crippen molar-refractivity contribution in [1.82, 2.24) is 10.6 Å². The average Bonchev–Trinajstić information content (AvgIpc) is 2.73. The second-order valence-electron chi connectivity index (χ2n) is 8.16. The SMILES string of the molecule is CCCCNC(=O)c1ccccc1NC(=S)NC(=O)C(C)c1ccc(CC(C)C)cc1. The normalized spacial score (nSPS) is 11.6. The van der Waals surface area contributed by atoms with Crippen LogP contribution in [-0.2, 0) is 11.2 Å². The molecule has 5 nitrogen and oxygen atoms in total. The first kappa shape index (κ1) is 24.5. The quantitative estimate of drug-likeness (QED) is 0.378. The van der Waals surface area contributed by atoms with Gasteiger partial charge in [-0.2, -0.15) is 0 Å². The monoisotopic (exact) mass is 439 g/mol. The molecule has 3 N–H and O–H groups in total. The topological polar surface area (TPSA) is 70.2 Å². The zero-order chi connectivity index (χ0) is 22.8. The minimum atomic E-state index is -0.347. The Balaban J connectivity index is 1.98. The second-order valence-corrected chi connectivity index (χ2v) is 8.57. The van der Waals surface area contributed by atoms with Gasteiger partial charge in [0.25, 0.3) is 5.91 Å². The number of carbonyl (C=O) groups is 2. The lowest BCUT2D eigenvalue weighted by Crippen LogP contribution is -2.37. The van der Waals surface area contributed by atoms with Crippen molar-refractivity contribution >= 4 is 34.8 Å². The van der Waals surface area contributed by atoms with Gasteiger partial charge in [0.15, 0.2) is 5.11 Å². The number of para-hydroxylation sites is 1. The molecule has 0 saturated carbocycles. The predicted molar refractivity (Wildman–Crippen MR) is 131 cm³/mol. The number of carbonyl (C=O) groups excluding carboxylic acids is 2. The van der Waals surface area contributed by atoms with Crippen molar-refractivity contribution in [3.8, 4) is 0 Å². The first-order chi connectivity index (χ1) is 14.8. The third kappa shape index (κ3) is 7.79.